The molecule has 0 saturated heterocycles. The molecule has 0 aromatic heterocycles. The van der Waals surface area contributed by atoms with Gasteiger partial charge >= 0.3 is 0 Å². The summed E-state index contributed by atoms with van der Waals surface area (Å²) in [5, 5.41) is 2.96. The molecule has 6 nitrogen and oxygen atoms in total. The average molecular weight is 455 g/mol. The monoisotopic (exact) mass is 454 g/mol. The van der Waals surface area contributed by atoms with Crippen LogP contribution in [0.1, 0.15) is 43.4 Å². The number of anilines is 1. The van der Waals surface area contributed by atoms with Gasteiger partial charge in [-0.25, -0.2) is 17.2 Å². The largest absolute Gasteiger partial charge is 0.496 e. The molecule has 0 spiro atoms. The van der Waals surface area contributed by atoms with Crippen LogP contribution in [0.4, 0.5) is 14.5 Å². The highest BCUT2D eigenvalue weighted by atomic mass is 32.2. The number of sulfonamides is 1. The van der Waals surface area contributed by atoms with E-state index in [0.717, 1.165) is 39.6 Å². The Morgan fingerprint density at radius 3 is 2.42 bits per heavy atom. The SMILES string of the molecule is CC[C@@H](NC(=O)CCCN(c1ccc(F)c(F)c1)S(C)(=O)=O)c1ccc(OC)c(C)c1. The zero-order valence-electron chi connectivity index (χ0n) is 18.1. The molecule has 0 heterocycles. The number of nitrogens with zero attached hydrogens (tertiary/aromatic N) is 1. The molecule has 31 heavy (non-hydrogen) atoms. The molecule has 2 aromatic carbocycles. The molecular formula is C22H28F2N2O4S. The van der Waals surface area contributed by atoms with Crippen LogP contribution in [0.5, 0.6) is 5.75 Å². The molecular weight excluding hydrogens is 426 g/mol. The third kappa shape index (κ3) is 6.65. The zero-order chi connectivity index (χ0) is 23.2. The molecule has 1 amide bonds. The summed E-state index contributed by atoms with van der Waals surface area (Å²) in [5.74, 6) is -1.65. The van der Waals surface area contributed by atoms with Crippen LogP contribution >= 0.6 is 0 Å². The van der Waals surface area contributed by atoms with Gasteiger partial charge in [0.2, 0.25) is 15.9 Å². The van der Waals surface area contributed by atoms with E-state index in [1.165, 1.54) is 6.07 Å². The molecule has 1 atom stereocenters. The summed E-state index contributed by atoms with van der Waals surface area (Å²) in [4.78, 5) is 12.4. The standard InChI is InChI=1S/C22H28F2N2O4S/c1-5-20(16-8-11-21(30-3)15(2)13-16)25-22(27)7-6-12-26(31(4,28)29)17-9-10-18(23)19(24)14-17/h8-11,13-14,20H,5-7,12H2,1-4H3,(H,25,27)/t20-/m1/s1. The van der Waals surface area contributed by atoms with Crippen molar-refractivity contribution in [1.82, 2.24) is 5.32 Å². The van der Waals surface area contributed by atoms with Crippen molar-refractivity contribution in [2.24, 2.45) is 0 Å². The molecule has 0 radical (unpaired) electrons. The lowest BCUT2D eigenvalue weighted by Gasteiger charge is -2.23. The van der Waals surface area contributed by atoms with Crippen LogP contribution in [-0.2, 0) is 14.8 Å². The predicted molar refractivity (Wildman–Crippen MR) is 117 cm³/mol. The van der Waals surface area contributed by atoms with Gasteiger partial charge in [-0.15, -0.1) is 0 Å². The summed E-state index contributed by atoms with van der Waals surface area (Å²) in [6.07, 6.45) is 1.96. The molecule has 170 valence electrons. The molecule has 2 aromatic rings. The molecule has 0 aliphatic carbocycles. The van der Waals surface area contributed by atoms with Gasteiger partial charge in [0, 0.05) is 19.0 Å². The van der Waals surface area contributed by atoms with E-state index in [2.05, 4.69) is 5.32 Å². The summed E-state index contributed by atoms with van der Waals surface area (Å²) in [5.41, 5.74) is 1.93. The number of amides is 1. The maximum absolute atomic E-state index is 13.5. The molecule has 0 aliphatic heterocycles. The second-order valence-corrected chi connectivity index (χ2v) is 9.20. The summed E-state index contributed by atoms with van der Waals surface area (Å²) in [6.45, 7) is 3.85. The highest BCUT2D eigenvalue weighted by Gasteiger charge is 2.20. The lowest BCUT2D eigenvalue weighted by atomic mass is 10.0. The normalized spacial score (nSPS) is 12.3. The van der Waals surface area contributed by atoms with E-state index in [4.69, 9.17) is 4.74 Å². The first-order valence-corrected chi connectivity index (χ1v) is 11.8. The van der Waals surface area contributed by atoms with E-state index in [1.807, 2.05) is 32.0 Å². The highest BCUT2D eigenvalue weighted by Crippen LogP contribution is 2.25. The van der Waals surface area contributed by atoms with E-state index in [1.54, 1.807) is 7.11 Å². The maximum Gasteiger partial charge on any atom is 0.232 e. The van der Waals surface area contributed by atoms with Crippen molar-refractivity contribution < 1.29 is 26.7 Å². The fraction of sp³-hybridized carbons (Fsp3) is 0.409. The summed E-state index contributed by atoms with van der Waals surface area (Å²) in [7, 11) is -2.13. The molecule has 0 saturated carbocycles. The summed E-state index contributed by atoms with van der Waals surface area (Å²) >= 11 is 0. The lowest BCUT2D eigenvalue weighted by molar-refractivity contribution is -0.121. The van der Waals surface area contributed by atoms with E-state index >= 15 is 0 Å². The Morgan fingerprint density at radius 1 is 1.16 bits per heavy atom. The van der Waals surface area contributed by atoms with Crippen LogP contribution in [0.25, 0.3) is 0 Å². The van der Waals surface area contributed by atoms with E-state index in [-0.39, 0.29) is 37.0 Å². The van der Waals surface area contributed by atoms with E-state index < -0.39 is 21.7 Å². The van der Waals surface area contributed by atoms with Gasteiger partial charge in [0.1, 0.15) is 5.75 Å². The molecule has 0 unspecified atom stereocenters. The van der Waals surface area contributed by atoms with Gasteiger partial charge < -0.3 is 10.1 Å². The fourth-order valence-electron chi connectivity index (χ4n) is 3.32. The van der Waals surface area contributed by atoms with Gasteiger partial charge in [-0.3, -0.25) is 9.10 Å². The molecule has 0 bridgehead atoms. The molecule has 1 N–H and O–H groups in total. The van der Waals surface area contributed by atoms with Crippen LogP contribution in [0.2, 0.25) is 0 Å². The number of ether oxygens (including phenoxy) is 1. The minimum Gasteiger partial charge on any atom is -0.496 e. The first kappa shape index (κ1) is 24.6. The first-order chi connectivity index (χ1) is 14.6. The van der Waals surface area contributed by atoms with Crippen LogP contribution in [-0.4, -0.2) is 34.2 Å². The van der Waals surface area contributed by atoms with Crippen molar-refractivity contribution in [1.29, 1.82) is 0 Å². The third-order valence-corrected chi connectivity index (χ3v) is 6.12. The number of nitrogens with one attached hydrogen (secondary N) is 1. The topological polar surface area (TPSA) is 75.7 Å². The van der Waals surface area contributed by atoms with Crippen molar-refractivity contribution in [3.05, 3.63) is 59.2 Å². The van der Waals surface area contributed by atoms with Crippen LogP contribution < -0.4 is 14.4 Å². The van der Waals surface area contributed by atoms with Crippen molar-refractivity contribution in [2.75, 3.05) is 24.2 Å². The molecule has 2 rings (SSSR count). The number of benzene rings is 2. The number of methoxy groups -OCH3 is 1. The summed E-state index contributed by atoms with van der Waals surface area (Å²) in [6, 6.07) is 8.42. The Hall–Kier alpha value is -2.68. The predicted octanol–water partition coefficient (Wildman–Crippen LogP) is 4.10. The molecule has 9 heteroatoms. The lowest BCUT2D eigenvalue weighted by Crippen LogP contribution is -2.33. The number of rotatable bonds is 10. The zero-order valence-corrected chi connectivity index (χ0v) is 18.9. The average Bonchev–Trinajstić information content (AvgIpc) is 2.70. The van der Waals surface area contributed by atoms with Crippen molar-refractivity contribution >= 4 is 21.6 Å². The Bertz CT molecular complexity index is 1030. The number of carbonyl (C=O) groups is 1. The minimum absolute atomic E-state index is 0.0157. The van der Waals surface area contributed by atoms with Crippen molar-refractivity contribution in [2.45, 2.75) is 39.2 Å². The highest BCUT2D eigenvalue weighted by molar-refractivity contribution is 7.92. The fourth-order valence-corrected chi connectivity index (χ4v) is 4.27. The summed E-state index contributed by atoms with van der Waals surface area (Å²) < 4.78 is 57.1. The van der Waals surface area contributed by atoms with Crippen LogP contribution in [0.3, 0.4) is 0 Å². The third-order valence-electron chi connectivity index (χ3n) is 4.92. The van der Waals surface area contributed by atoms with Crippen molar-refractivity contribution in [3.8, 4) is 5.75 Å². The number of hydrogen-bond acceptors (Lipinski definition) is 4. The van der Waals surface area contributed by atoms with Gasteiger partial charge in [-0.2, -0.15) is 0 Å². The smallest absolute Gasteiger partial charge is 0.232 e. The first-order valence-electron chi connectivity index (χ1n) is 9.93. The van der Waals surface area contributed by atoms with Gasteiger partial charge in [0.15, 0.2) is 11.6 Å². The Balaban J connectivity index is 2.01. The van der Waals surface area contributed by atoms with Gasteiger partial charge in [-0.1, -0.05) is 19.1 Å². The van der Waals surface area contributed by atoms with Gasteiger partial charge in [0.05, 0.1) is 25.1 Å². The maximum atomic E-state index is 13.5. The van der Waals surface area contributed by atoms with Crippen LogP contribution in [0.15, 0.2) is 36.4 Å². The molecule has 0 fully saturated rings. The quantitative estimate of drug-likeness (QED) is 0.587. The Labute approximate surface area is 182 Å². The molecule has 0 aliphatic rings. The van der Waals surface area contributed by atoms with Gasteiger partial charge in [0.25, 0.3) is 0 Å². The van der Waals surface area contributed by atoms with Crippen LogP contribution in [0, 0.1) is 18.6 Å². The Morgan fingerprint density at radius 2 is 1.87 bits per heavy atom. The minimum atomic E-state index is -3.73. The number of carbonyl (C=O) groups excluding carboxylic acids is 1. The van der Waals surface area contributed by atoms with E-state index in [9.17, 15) is 22.0 Å². The number of hydrogen-bond donors (Lipinski definition) is 1. The van der Waals surface area contributed by atoms with E-state index in [0.29, 0.717) is 6.42 Å². The number of halogens is 2. The van der Waals surface area contributed by atoms with Crippen molar-refractivity contribution in [3.63, 3.8) is 0 Å². The van der Waals surface area contributed by atoms with Gasteiger partial charge in [-0.05, 0) is 49.1 Å². The second-order valence-electron chi connectivity index (χ2n) is 7.29. The second kappa shape index (κ2) is 10.6. The Kier molecular flexibility index (Phi) is 8.38. The number of aryl methyl sites for hydroxylation is 1.